The average molecular weight is 435 g/mol. The van der Waals surface area contributed by atoms with Crippen LogP contribution in [0.2, 0.25) is 0 Å². The van der Waals surface area contributed by atoms with Crippen molar-refractivity contribution in [2.24, 2.45) is 0 Å². The molecule has 0 saturated carbocycles. The Morgan fingerprint density at radius 2 is 1.68 bits per heavy atom. The maximum atomic E-state index is 13.0. The first kappa shape index (κ1) is 22.3. The normalized spacial score (nSPS) is 11.8. The number of hydrogen-bond acceptors (Lipinski definition) is 3. The summed E-state index contributed by atoms with van der Waals surface area (Å²) in [7, 11) is 0. The number of hydrogen-bond donors (Lipinski definition) is 2. The molecule has 31 heavy (non-hydrogen) atoms. The molecule has 0 aliphatic rings. The SMILES string of the molecule is CCC(Sc1cccc(NC(=O)/C=C/c2ccccc2)c1)C(=O)Nc1ccc(F)cc1. The fraction of sp³-hybridized carbons (Fsp3) is 0.120. The summed E-state index contributed by atoms with van der Waals surface area (Å²) in [5.74, 6) is -0.733. The molecule has 4 nitrogen and oxygen atoms in total. The monoisotopic (exact) mass is 434 g/mol. The van der Waals surface area contributed by atoms with Gasteiger partial charge in [-0.15, -0.1) is 11.8 Å². The van der Waals surface area contributed by atoms with E-state index in [1.165, 1.54) is 42.1 Å². The molecule has 0 aromatic heterocycles. The molecule has 3 rings (SSSR count). The lowest BCUT2D eigenvalue weighted by atomic mass is 10.2. The largest absolute Gasteiger partial charge is 0.325 e. The van der Waals surface area contributed by atoms with Crippen molar-refractivity contribution in [3.63, 3.8) is 0 Å². The predicted molar refractivity (Wildman–Crippen MR) is 126 cm³/mol. The molecular weight excluding hydrogens is 411 g/mol. The highest BCUT2D eigenvalue weighted by Crippen LogP contribution is 2.28. The Kier molecular flexibility index (Phi) is 8.01. The van der Waals surface area contributed by atoms with Crippen LogP contribution in [0, 0.1) is 5.82 Å². The van der Waals surface area contributed by atoms with Crippen molar-refractivity contribution in [1.82, 2.24) is 0 Å². The quantitative estimate of drug-likeness (QED) is 0.338. The lowest BCUT2D eigenvalue weighted by Crippen LogP contribution is -2.24. The average Bonchev–Trinajstić information content (AvgIpc) is 2.78. The van der Waals surface area contributed by atoms with Crippen LogP contribution in [0.1, 0.15) is 18.9 Å². The number of benzene rings is 3. The van der Waals surface area contributed by atoms with Crippen LogP contribution in [-0.4, -0.2) is 17.1 Å². The van der Waals surface area contributed by atoms with E-state index >= 15 is 0 Å². The Bertz CT molecular complexity index is 1050. The molecule has 2 amide bonds. The van der Waals surface area contributed by atoms with E-state index < -0.39 is 0 Å². The minimum absolute atomic E-state index is 0.153. The van der Waals surface area contributed by atoms with E-state index in [-0.39, 0.29) is 22.9 Å². The molecule has 1 unspecified atom stereocenters. The predicted octanol–water partition coefficient (Wildman–Crippen LogP) is 5.99. The summed E-state index contributed by atoms with van der Waals surface area (Å²) in [6.45, 7) is 1.93. The third-order valence-electron chi connectivity index (χ3n) is 4.38. The van der Waals surface area contributed by atoms with E-state index in [2.05, 4.69) is 10.6 Å². The first-order chi connectivity index (χ1) is 15.0. The molecule has 6 heteroatoms. The second-order valence-corrected chi connectivity index (χ2v) is 8.05. The topological polar surface area (TPSA) is 58.2 Å². The number of nitrogens with one attached hydrogen (secondary N) is 2. The first-order valence-corrected chi connectivity index (χ1v) is 10.8. The van der Waals surface area contributed by atoms with Gasteiger partial charge >= 0.3 is 0 Å². The van der Waals surface area contributed by atoms with Gasteiger partial charge in [0.05, 0.1) is 5.25 Å². The smallest absolute Gasteiger partial charge is 0.248 e. The molecule has 3 aromatic rings. The number of amides is 2. The van der Waals surface area contributed by atoms with E-state index in [0.717, 1.165) is 10.5 Å². The Morgan fingerprint density at radius 1 is 0.935 bits per heavy atom. The number of carbonyl (C=O) groups excluding carboxylic acids is 2. The minimum Gasteiger partial charge on any atom is -0.325 e. The third kappa shape index (κ3) is 7.12. The summed E-state index contributed by atoms with van der Waals surface area (Å²) in [4.78, 5) is 25.7. The summed E-state index contributed by atoms with van der Waals surface area (Å²) >= 11 is 1.42. The van der Waals surface area contributed by atoms with E-state index in [0.29, 0.717) is 17.8 Å². The van der Waals surface area contributed by atoms with E-state index in [4.69, 9.17) is 0 Å². The Balaban J connectivity index is 1.60. The summed E-state index contributed by atoms with van der Waals surface area (Å²) in [5, 5.41) is 5.33. The molecule has 0 bridgehead atoms. The fourth-order valence-corrected chi connectivity index (χ4v) is 3.82. The highest BCUT2D eigenvalue weighted by molar-refractivity contribution is 8.00. The number of halogens is 1. The Morgan fingerprint density at radius 3 is 2.39 bits per heavy atom. The number of anilines is 2. The molecule has 0 aliphatic heterocycles. The maximum Gasteiger partial charge on any atom is 0.248 e. The number of thioether (sulfide) groups is 1. The molecule has 158 valence electrons. The molecular formula is C25H23FN2O2S. The second-order valence-electron chi connectivity index (χ2n) is 6.77. The summed E-state index contributed by atoms with van der Waals surface area (Å²) < 4.78 is 13.0. The molecule has 3 aromatic carbocycles. The van der Waals surface area contributed by atoms with Crippen molar-refractivity contribution in [2.75, 3.05) is 10.6 Å². The van der Waals surface area contributed by atoms with E-state index in [1.54, 1.807) is 12.1 Å². The molecule has 0 fully saturated rings. The lowest BCUT2D eigenvalue weighted by molar-refractivity contribution is -0.115. The minimum atomic E-state index is -0.350. The second kappa shape index (κ2) is 11.1. The first-order valence-electron chi connectivity index (χ1n) is 9.91. The zero-order valence-electron chi connectivity index (χ0n) is 17.0. The van der Waals surface area contributed by atoms with Crippen LogP contribution >= 0.6 is 11.8 Å². The molecule has 0 heterocycles. The molecule has 0 spiro atoms. The van der Waals surface area contributed by atoms with Crippen LogP contribution in [-0.2, 0) is 9.59 Å². The molecule has 1 atom stereocenters. The van der Waals surface area contributed by atoms with Crippen LogP contribution in [0.5, 0.6) is 0 Å². The standard InChI is InChI=1S/C25H23FN2O2S/c1-2-23(25(30)28-20-14-12-19(26)13-15-20)31-22-10-6-9-21(17-22)27-24(29)16-11-18-7-4-3-5-8-18/h3-17,23H,2H2,1H3,(H,27,29)(H,28,30)/b16-11+. The van der Waals surface area contributed by atoms with Gasteiger partial charge in [0.25, 0.3) is 0 Å². The molecule has 0 radical (unpaired) electrons. The molecule has 2 N–H and O–H groups in total. The maximum absolute atomic E-state index is 13.0. The van der Waals surface area contributed by atoms with Gasteiger partial charge in [-0.3, -0.25) is 9.59 Å². The Labute approximate surface area is 185 Å². The van der Waals surface area contributed by atoms with Gasteiger partial charge < -0.3 is 10.6 Å². The van der Waals surface area contributed by atoms with Crippen molar-refractivity contribution in [2.45, 2.75) is 23.5 Å². The van der Waals surface area contributed by atoms with Gasteiger partial charge in [-0.25, -0.2) is 4.39 Å². The van der Waals surface area contributed by atoms with Crippen molar-refractivity contribution >= 4 is 41.0 Å². The van der Waals surface area contributed by atoms with Gasteiger partial charge in [0.2, 0.25) is 11.8 Å². The van der Waals surface area contributed by atoms with Gasteiger partial charge in [-0.05, 0) is 60.5 Å². The summed E-state index contributed by atoms with van der Waals surface area (Å²) in [5.41, 5.74) is 2.15. The van der Waals surface area contributed by atoms with Crippen LogP contribution in [0.25, 0.3) is 6.08 Å². The van der Waals surface area contributed by atoms with Gasteiger partial charge in [-0.1, -0.05) is 43.3 Å². The highest BCUT2D eigenvalue weighted by Gasteiger charge is 2.18. The summed E-state index contributed by atoms with van der Waals surface area (Å²) in [6, 6.07) is 22.6. The number of carbonyl (C=O) groups is 2. The zero-order valence-corrected chi connectivity index (χ0v) is 17.9. The molecule has 0 saturated heterocycles. The van der Waals surface area contributed by atoms with Crippen molar-refractivity contribution in [3.05, 3.63) is 96.3 Å². The fourth-order valence-electron chi connectivity index (χ4n) is 2.81. The number of rotatable bonds is 8. The van der Waals surface area contributed by atoms with E-state index in [9.17, 15) is 14.0 Å². The van der Waals surface area contributed by atoms with Crippen molar-refractivity contribution < 1.29 is 14.0 Å². The van der Waals surface area contributed by atoms with Gasteiger partial charge in [0, 0.05) is 22.3 Å². The van der Waals surface area contributed by atoms with Crippen LogP contribution in [0.3, 0.4) is 0 Å². The zero-order chi connectivity index (χ0) is 22.1. The summed E-state index contributed by atoms with van der Waals surface area (Å²) in [6.07, 6.45) is 3.86. The van der Waals surface area contributed by atoms with E-state index in [1.807, 2.05) is 55.5 Å². The van der Waals surface area contributed by atoms with Gasteiger partial charge in [0.15, 0.2) is 0 Å². The van der Waals surface area contributed by atoms with Gasteiger partial charge in [-0.2, -0.15) is 0 Å². The van der Waals surface area contributed by atoms with Crippen LogP contribution in [0.4, 0.5) is 15.8 Å². The van der Waals surface area contributed by atoms with Crippen LogP contribution < -0.4 is 10.6 Å². The highest BCUT2D eigenvalue weighted by atomic mass is 32.2. The van der Waals surface area contributed by atoms with Gasteiger partial charge in [0.1, 0.15) is 5.82 Å². The van der Waals surface area contributed by atoms with Crippen LogP contribution in [0.15, 0.2) is 89.8 Å². The Hall–Kier alpha value is -3.38. The third-order valence-corrected chi connectivity index (χ3v) is 5.74. The molecule has 0 aliphatic carbocycles. The lowest BCUT2D eigenvalue weighted by Gasteiger charge is -2.15. The van der Waals surface area contributed by atoms with Crippen molar-refractivity contribution in [3.8, 4) is 0 Å². The van der Waals surface area contributed by atoms with Crippen molar-refractivity contribution in [1.29, 1.82) is 0 Å².